The zero-order valence-electron chi connectivity index (χ0n) is 28.2. The molecule has 0 saturated heterocycles. The highest BCUT2D eigenvalue weighted by molar-refractivity contribution is 6.40. The number of benzene rings is 4. The standard InChI is InChI=1S/C38H38Cl3N3O7/c1-38(2,3)14-5-15-51-27-19-30(40)33(31(41)20-27)36(48)43-25-11-8-22(9-12-25)17-32(37(49)50)44-35(47)28-13-10-24(18-29(28)39)34(46)42-21-23-6-4-7-26(45)16-23/h4,6-13,16,18-20,32,45H,5,14-15,17,21H2,1-3H3,(H,42,46)(H,43,48)(H,44,47)(H,49,50)/t32-/m0/s1. The lowest BCUT2D eigenvalue weighted by Crippen LogP contribution is -2.42. The van der Waals surface area contributed by atoms with Crippen LogP contribution in [0.4, 0.5) is 5.69 Å². The summed E-state index contributed by atoms with van der Waals surface area (Å²) >= 11 is 19.1. The molecule has 268 valence electrons. The first-order valence-corrected chi connectivity index (χ1v) is 17.1. The van der Waals surface area contributed by atoms with Gasteiger partial charge in [0.05, 0.1) is 32.8 Å². The zero-order valence-corrected chi connectivity index (χ0v) is 30.5. The first kappa shape index (κ1) is 39.0. The Hall–Kier alpha value is -4.77. The summed E-state index contributed by atoms with van der Waals surface area (Å²) in [5.41, 5.74) is 2.11. The van der Waals surface area contributed by atoms with Gasteiger partial charge in [-0.3, -0.25) is 14.4 Å². The number of phenols is 1. The number of carboxylic acids is 1. The summed E-state index contributed by atoms with van der Waals surface area (Å²) in [6, 6.07) is 18.7. The number of anilines is 1. The Balaban J connectivity index is 1.33. The van der Waals surface area contributed by atoms with Crippen molar-refractivity contribution >= 4 is 64.2 Å². The van der Waals surface area contributed by atoms with Crippen LogP contribution in [0.2, 0.25) is 15.1 Å². The summed E-state index contributed by atoms with van der Waals surface area (Å²) < 4.78 is 5.77. The second kappa shape index (κ2) is 17.4. The fourth-order valence-corrected chi connectivity index (χ4v) is 5.93. The van der Waals surface area contributed by atoms with E-state index < -0.39 is 29.7 Å². The number of hydrogen-bond acceptors (Lipinski definition) is 6. The SMILES string of the molecule is CC(C)(C)CCCOc1cc(Cl)c(C(=O)Nc2ccc(C[C@H](NC(=O)c3ccc(C(=O)NCc4cccc(O)c4)cc3Cl)C(=O)O)cc2)c(Cl)c1. The molecular weight excluding hydrogens is 717 g/mol. The smallest absolute Gasteiger partial charge is 0.326 e. The minimum Gasteiger partial charge on any atom is -0.508 e. The minimum absolute atomic E-state index is 0.0111. The van der Waals surface area contributed by atoms with E-state index in [0.29, 0.717) is 29.2 Å². The molecule has 51 heavy (non-hydrogen) atoms. The van der Waals surface area contributed by atoms with E-state index in [0.717, 1.165) is 12.8 Å². The Labute approximate surface area is 311 Å². The van der Waals surface area contributed by atoms with Gasteiger partial charge in [-0.1, -0.05) is 79.8 Å². The lowest BCUT2D eigenvalue weighted by atomic mass is 9.91. The summed E-state index contributed by atoms with van der Waals surface area (Å²) in [4.78, 5) is 50.8. The van der Waals surface area contributed by atoms with Gasteiger partial charge in [-0.05, 0) is 84.0 Å². The predicted molar refractivity (Wildman–Crippen MR) is 198 cm³/mol. The number of halogens is 3. The average Bonchev–Trinajstić information content (AvgIpc) is 3.05. The van der Waals surface area contributed by atoms with Crippen LogP contribution < -0.4 is 20.7 Å². The Morgan fingerprint density at radius 3 is 2.10 bits per heavy atom. The number of carbonyl (C=O) groups excluding carboxylic acids is 3. The molecule has 0 aliphatic rings. The van der Waals surface area contributed by atoms with Gasteiger partial charge in [-0.2, -0.15) is 0 Å². The summed E-state index contributed by atoms with van der Waals surface area (Å²) in [5, 5.41) is 27.6. The van der Waals surface area contributed by atoms with E-state index in [1.165, 1.54) is 30.3 Å². The number of aliphatic carboxylic acids is 1. The molecule has 0 fully saturated rings. The third kappa shape index (κ3) is 11.6. The molecule has 0 bridgehead atoms. The van der Waals surface area contributed by atoms with Crippen molar-refractivity contribution in [3.05, 3.63) is 122 Å². The normalized spacial score (nSPS) is 11.7. The van der Waals surface area contributed by atoms with Crippen LogP contribution in [0.1, 0.15) is 75.8 Å². The topological polar surface area (TPSA) is 154 Å². The van der Waals surface area contributed by atoms with Crippen molar-refractivity contribution in [1.82, 2.24) is 10.6 Å². The van der Waals surface area contributed by atoms with E-state index in [-0.39, 0.29) is 55.9 Å². The van der Waals surface area contributed by atoms with Crippen molar-refractivity contribution in [2.75, 3.05) is 11.9 Å². The molecule has 4 aromatic rings. The number of aromatic hydroxyl groups is 1. The monoisotopic (exact) mass is 753 g/mol. The van der Waals surface area contributed by atoms with Crippen LogP contribution in [0, 0.1) is 5.41 Å². The molecule has 10 nitrogen and oxygen atoms in total. The van der Waals surface area contributed by atoms with Crippen LogP contribution >= 0.6 is 34.8 Å². The van der Waals surface area contributed by atoms with Gasteiger partial charge >= 0.3 is 5.97 Å². The number of amides is 3. The van der Waals surface area contributed by atoms with Gasteiger partial charge in [0.25, 0.3) is 17.7 Å². The van der Waals surface area contributed by atoms with Gasteiger partial charge < -0.3 is 30.9 Å². The zero-order chi connectivity index (χ0) is 37.3. The summed E-state index contributed by atoms with van der Waals surface area (Å²) in [5.74, 6) is -2.47. The third-order valence-corrected chi connectivity index (χ3v) is 8.59. The highest BCUT2D eigenvalue weighted by Crippen LogP contribution is 2.32. The highest BCUT2D eigenvalue weighted by atomic mass is 35.5. The van der Waals surface area contributed by atoms with Crippen LogP contribution in [-0.4, -0.2) is 46.6 Å². The van der Waals surface area contributed by atoms with Gasteiger partial charge in [0.15, 0.2) is 0 Å². The van der Waals surface area contributed by atoms with Crippen LogP contribution in [0.25, 0.3) is 0 Å². The molecule has 0 spiro atoms. The predicted octanol–water partition coefficient (Wildman–Crippen LogP) is 8.17. The van der Waals surface area contributed by atoms with E-state index in [1.807, 2.05) is 0 Å². The fraction of sp³-hybridized carbons (Fsp3) is 0.263. The maximum Gasteiger partial charge on any atom is 0.326 e. The number of phenolic OH excluding ortho intramolecular Hbond substituents is 1. The van der Waals surface area contributed by atoms with Crippen LogP contribution in [0.5, 0.6) is 11.5 Å². The van der Waals surface area contributed by atoms with Gasteiger partial charge in [0.2, 0.25) is 0 Å². The van der Waals surface area contributed by atoms with Crippen LogP contribution in [0.15, 0.2) is 78.9 Å². The molecule has 4 rings (SSSR count). The maximum absolute atomic E-state index is 13.0. The number of hydrogen-bond donors (Lipinski definition) is 5. The first-order chi connectivity index (χ1) is 24.1. The first-order valence-electron chi connectivity index (χ1n) is 16.0. The molecule has 0 saturated carbocycles. The Bertz CT molecular complexity index is 1890. The maximum atomic E-state index is 13.0. The molecule has 3 amide bonds. The summed E-state index contributed by atoms with van der Waals surface area (Å²) in [6.45, 7) is 7.11. The van der Waals surface area contributed by atoms with Gasteiger partial charge in [0, 0.05) is 24.2 Å². The van der Waals surface area contributed by atoms with Crippen LogP contribution in [0.3, 0.4) is 0 Å². The minimum atomic E-state index is -1.31. The number of nitrogens with one attached hydrogen (secondary N) is 3. The molecule has 0 radical (unpaired) electrons. The van der Waals surface area contributed by atoms with Crippen molar-refractivity contribution in [3.8, 4) is 11.5 Å². The van der Waals surface area contributed by atoms with Crippen LogP contribution in [-0.2, 0) is 17.8 Å². The van der Waals surface area contributed by atoms with Crippen molar-refractivity contribution < 1.29 is 34.1 Å². The molecule has 0 unspecified atom stereocenters. The lowest BCUT2D eigenvalue weighted by molar-refractivity contribution is -0.139. The van der Waals surface area contributed by atoms with E-state index in [4.69, 9.17) is 39.5 Å². The van der Waals surface area contributed by atoms with Crippen molar-refractivity contribution in [2.24, 2.45) is 5.41 Å². The van der Waals surface area contributed by atoms with Crippen molar-refractivity contribution in [1.29, 1.82) is 0 Å². The Morgan fingerprint density at radius 2 is 1.49 bits per heavy atom. The number of carbonyl (C=O) groups is 4. The summed E-state index contributed by atoms with van der Waals surface area (Å²) in [7, 11) is 0. The highest BCUT2D eigenvalue weighted by Gasteiger charge is 2.24. The molecule has 4 aromatic carbocycles. The molecule has 5 N–H and O–H groups in total. The largest absolute Gasteiger partial charge is 0.508 e. The van der Waals surface area contributed by atoms with Gasteiger partial charge in [0.1, 0.15) is 17.5 Å². The van der Waals surface area contributed by atoms with E-state index >= 15 is 0 Å². The van der Waals surface area contributed by atoms with Crippen molar-refractivity contribution in [3.63, 3.8) is 0 Å². The average molecular weight is 755 g/mol. The van der Waals surface area contributed by atoms with Gasteiger partial charge in [-0.25, -0.2) is 4.79 Å². The second-order valence-electron chi connectivity index (χ2n) is 13.0. The summed E-state index contributed by atoms with van der Waals surface area (Å²) in [6.07, 6.45) is 1.76. The van der Waals surface area contributed by atoms with E-state index in [2.05, 4.69) is 36.7 Å². The number of rotatable bonds is 14. The molecule has 0 heterocycles. The molecule has 0 aliphatic heterocycles. The number of ether oxygens (including phenoxy) is 1. The molecule has 1 atom stereocenters. The molecule has 13 heteroatoms. The van der Waals surface area contributed by atoms with Crippen molar-refractivity contribution in [2.45, 2.75) is 52.6 Å². The molecule has 0 aromatic heterocycles. The van der Waals surface area contributed by atoms with Gasteiger partial charge in [-0.15, -0.1) is 0 Å². The Kier molecular flexibility index (Phi) is 13.3. The fourth-order valence-electron chi connectivity index (χ4n) is 5.02. The van der Waals surface area contributed by atoms with E-state index in [1.54, 1.807) is 48.5 Å². The third-order valence-electron chi connectivity index (χ3n) is 7.68. The number of carboxylic acid groups (broad SMARTS) is 1. The van der Waals surface area contributed by atoms with E-state index in [9.17, 15) is 29.4 Å². The lowest BCUT2D eigenvalue weighted by Gasteiger charge is -2.18. The molecular formula is C38H38Cl3N3O7. The Morgan fingerprint density at radius 1 is 0.804 bits per heavy atom. The quantitative estimate of drug-likeness (QED) is 0.0814. The molecule has 0 aliphatic carbocycles. The second-order valence-corrected chi connectivity index (χ2v) is 14.3.